The maximum atomic E-state index is 15.1. The molecule has 3 unspecified atom stereocenters. The lowest BCUT2D eigenvalue weighted by molar-refractivity contribution is -0.154. The number of fused-ring (bicyclic) bond motifs is 1. The number of ether oxygens (including phenoxy) is 1. The zero-order valence-corrected chi connectivity index (χ0v) is 29.2. The molecule has 2 amide bonds. The smallest absolute Gasteiger partial charge is 0.310 e. The zero-order chi connectivity index (χ0) is 32.4. The second kappa shape index (κ2) is 13.7. The van der Waals surface area contributed by atoms with E-state index in [0.29, 0.717) is 25.8 Å². The van der Waals surface area contributed by atoms with Crippen LogP contribution in [0.3, 0.4) is 0 Å². The number of amides is 2. The molecule has 3 aliphatic rings. The molecule has 1 aromatic rings. The summed E-state index contributed by atoms with van der Waals surface area (Å²) in [7, 11) is 0. The number of carbonyl (C=O) groups is 3. The highest BCUT2D eigenvalue weighted by molar-refractivity contribution is 9.09. The maximum absolute atomic E-state index is 15.1. The van der Waals surface area contributed by atoms with Gasteiger partial charge >= 0.3 is 5.97 Å². The minimum atomic E-state index is -0.853. The summed E-state index contributed by atoms with van der Waals surface area (Å²) in [5, 5.41) is 10.6. The Hall–Kier alpha value is -2.10. The number of likely N-dealkylation sites (tertiary alicyclic amines) is 1. The Balaban J connectivity index is 1.80. The predicted molar refractivity (Wildman–Crippen MR) is 181 cm³/mol. The summed E-state index contributed by atoms with van der Waals surface area (Å²) in [5.41, 5.74) is 0.363. The van der Waals surface area contributed by atoms with E-state index in [1.165, 1.54) is 0 Å². The van der Waals surface area contributed by atoms with Crippen molar-refractivity contribution >= 4 is 45.5 Å². The normalized spacial score (nSPS) is 28.5. The lowest BCUT2D eigenvalue weighted by Gasteiger charge is -2.46. The lowest BCUT2D eigenvalue weighted by Crippen LogP contribution is -2.62. The number of rotatable bonds is 14. The number of allylic oxidation sites excluding steroid dienone is 1. The van der Waals surface area contributed by atoms with E-state index >= 15 is 4.79 Å². The summed E-state index contributed by atoms with van der Waals surface area (Å²) in [6, 6.07) is 8.23. The van der Waals surface area contributed by atoms with Gasteiger partial charge in [0.15, 0.2) is 0 Å². The van der Waals surface area contributed by atoms with Crippen LogP contribution in [0.4, 0.5) is 0 Å². The molecule has 44 heavy (non-hydrogen) atoms. The van der Waals surface area contributed by atoms with Gasteiger partial charge in [-0.3, -0.25) is 14.4 Å². The Morgan fingerprint density at radius 1 is 1.20 bits per heavy atom. The summed E-state index contributed by atoms with van der Waals surface area (Å²) in [4.78, 5) is 46.9. The SMILES string of the molecule is C=CCCCOC(=O)[C@H]1[C@@H]2SC3(CC2Br)C(C(=O)N(CC=C)C(C)(C)CC(C)(C)C)N([C@@H](CO)Cc2ccccc2)C(=O)[C@H]13. The number of benzene rings is 1. The standard InChI is InChI=1S/C35H49BrN2O5S/c1-8-10-14-18-43-32(42)26-27-30(40)38(24(21-39)19-23-15-12-11-13-16-23)29(35(27)20-25(36)28(26)44-35)31(41)37(17-9-2)34(6,7)22-33(3,4)5/h8-9,11-13,15-16,24-29,39H,1-2,10,14,17-22H2,3-7H3/t24-,25?,26-,27+,28-,29?,35?/m1/s1. The summed E-state index contributed by atoms with van der Waals surface area (Å²) < 4.78 is 4.91. The summed E-state index contributed by atoms with van der Waals surface area (Å²) in [6.07, 6.45) is 6.62. The number of alkyl halides is 1. The molecular weight excluding hydrogens is 640 g/mol. The number of thioether (sulfide) groups is 1. The molecule has 0 aliphatic carbocycles. The highest BCUT2D eigenvalue weighted by atomic mass is 79.9. The fourth-order valence-corrected chi connectivity index (χ4v) is 11.5. The first-order valence-electron chi connectivity index (χ1n) is 15.7. The minimum absolute atomic E-state index is 0.0574. The van der Waals surface area contributed by atoms with E-state index in [9.17, 15) is 14.7 Å². The molecule has 3 heterocycles. The van der Waals surface area contributed by atoms with E-state index in [2.05, 4.69) is 63.7 Å². The van der Waals surface area contributed by atoms with Crippen molar-refractivity contribution in [1.29, 1.82) is 0 Å². The van der Waals surface area contributed by atoms with Gasteiger partial charge in [-0.1, -0.05) is 79.2 Å². The molecule has 0 aromatic heterocycles. The Labute approximate surface area is 276 Å². The van der Waals surface area contributed by atoms with Crippen molar-refractivity contribution < 1.29 is 24.2 Å². The van der Waals surface area contributed by atoms with Crippen molar-refractivity contribution in [2.24, 2.45) is 17.3 Å². The van der Waals surface area contributed by atoms with Crippen molar-refractivity contribution in [3.05, 3.63) is 61.2 Å². The Morgan fingerprint density at radius 3 is 2.48 bits per heavy atom. The molecule has 242 valence electrons. The molecule has 7 nitrogen and oxygen atoms in total. The second-order valence-electron chi connectivity index (χ2n) is 14.3. The van der Waals surface area contributed by atoms with Crippen molar-refractivity contribution in [2.75, 3.05) is 19.8 Å². The van der Waals surface area contributed by atoms with Crippen LogP contribution in [0.5, 0.6) is 0 Å². The third kappa shape index (κ3) is 6.70. The number of hydrogen-bond acceptors (Lipinski definition) is 6. The number of carbonyl (C=O) groups excluding carboxylic acids is 3. The van der Waals surface area contributed by atoms with Crippen molar-refractivity contribution in [3.63, 3.8) is 0 Å². The van der Waals surface area contributed by atoms with E-state index < -0.39 is 34.2 Å². The molecule has 2 bridgehead atoms. The topological polar surface area (TPSA) is 87.2 Å². The molecule has 0 saturated carbocycles. The first kappa shape index (κ1) is 34.8. The number of esters is 1. The fraction of sp³-hybridized carbons (Fsp3) is 0.629. The van der Waals surface area contributed by atoms with Crippen LogP contribution in [0.2, 0.25) is 0 Å². The van der Waals surface area contributed by atoms with Crippen molar-refractivity contribution in [2.45, 2.75) is 99.2 Å². The van der Waals surface area contributed by atoms with Crippen LogP contribution >= 0.6 is 27.7 Å². The van der Waals surface area contributed by atoms with E-state index in [4.69, 9.17) is 4.74 Å². The van der Waals surface area contributed by atoms with Crippen LogP contribution in [0.15, 0.2) is 55.6 Å². The summed E-state index contributed by atoms with van der Waals surface area (Å²) >= 11 is 5.43. The Kier molecular flexibility index (Phi) is 10.8. The van der Waals surface area contributed by atoms with Crippen LogP contribution in [0.25, 0.3) is 0 Å². The molecule has 4 rings (SSSR count). The van der Waals surface area contributed by atoms with E-state index in [-0.39, 0.29) is 46.5 Å². The van der Waals surface area contributed by atoms with Crippen LogP contribution in [0, 0.1) is 17.3 Å². The molecule has 3 saturated heterocycles. The Morgan fingerprint density at radius 2 is 1.89 bits per heavy atom. The monoisotopic (exact) mass is 688 g/mol. The molecule has 1 spiro atoms. The number of hydrogen-bond donors (Lipinski definition) is 1. The van der Waals surface area contributed by atoms with Gasteiger partial charge in [0.1, 0.15) is 6.04 Å². The van der Waals surface area contributed by atoms with Gasteiger partial charge in [0.25, 0.3) is 0 Å². The van der Waals surface area contributed by atoms with Gasteiger partial charge < -0.3 is 19.6 Å². The molecule has 0 radical (unpaired) electrons. The van der Waals surface area contributed by atoms with Gasteiger partial charge in [-0.2, -0.15) is 0 Å². The molecule has 3 fully saturated rings. The van der Waals surface area contributed by atoms with Gasteiger partial charge in [0.05, 0.1) is 35.8 Å². The quantitative estimate of drug-likeness (QED) is 0.115. The number of nitrogens with zero attached hydrogens (tertiary/aromatic N) is 2. The number of aliphatic hydroxyl groups excluding tert-OH is 1. The Bertz CT molecular complexity index is 1230. The summed E-state index contributed by atoms with van der Waals surface area (Å²) in [5.74, 6) is -2.18. The molecule has 1 N–H and O–H groups in total. The van der Waals surface area contributed by atoms with E-state index in [1.807, 2.05) is 35.2 Å². The lowest BCUT2D eigenvalue weighted by atomic mass is 9.70. The van der Waals surface area contributed by atoms with Crippen LogP contribution in [-0.4, -0.2) is 84.9 Å². The highest BCUT2D eigenvalue weighted by Gasteiger charge is 2.77. The van der Waals surface area contributed by atoms with Crippen LogP contribution in [0.1, 0.15) is 65.9 Å². The van der Waals surface area contributed by atoms with E-state index in [1.54, 1.807) is 28.8 Å². The largest absolute Gasteiger partial charge is 0.465 e. The number of halogens is 1. The fourth-order valence-electron chi connectivity index (χ4n) is 7.95. The number of unbranched alkanes of at least 4 members (excludes halogenated alkanes) is 1. The van der Waals surface area contributed by atoms with Crippen LogP contribution < -0.4 is 0 Å². The first-order chi connectivity index (χ1) is 20.7. The third-order valence-electron chi connectivity index (χ3n) is 9.22. The predicted octanol–water partition coefficient (Wildman–Crippen LogP) is 5.79. The van der Waals surface area contributed by atoms with Crippen molar-refractivity contribution in [1.82, 2.24) is 9.80 Å². The molecule has 9 heteroatoms. The zero-order valence-electron chi connectivity index (χ0n) is 26.8. The van der Waals surface area contributed by atoms with E-state index in [0.717, 1.165) is 18.4 Å². The maximum Gasteiger partial charge on any atom is 0.310 e. The van der Waals surface area contributed by atoms with Crippen LogP contribution in [-0.2, 0) is 25.5 Å². The second-order valence-corrected chi connectivity index (χ2v) is 17.0. The minimum Gasteiger partial charge on any atom is -0.465 e. The molecule has 1 aromatic carbocycles. The highest BCUT2D eigenvalue weighted by Crippen LogP contribution is 2.68. The van der Waals surface area contributed by atoms with Gasteiger partial charge in [-0.05, 0) is 56.9 Å². The van der Waals surface area contributed by atoms with Gasteiger partial charge in [0, 0.05) is 22.2 Å². The number of aliphatic hydroxyl groups is 1. The van der Waals surface area contributed by atoms with Gasteiger partial charge in [-0.15, -0.1) is 24.9 Å². The average molecular weight is 690 g/mol. The van der Waals surface area contributed by atoms with Gasteiger partial charge in [-0.25, -0.2) is 0 Å². The summed E-state index contributed by atoms with van der Waals surface area (Å²) in [6.45, 7) is 18.6. The van der Waals surface area contributed by atoms with Gasteiger partial charge in [0.2, 0.25) is 11.8 Å². The molecular formula is C35H49BrN2O5S. The molecule has 7 atom stereocenters. The molecule has 3 aliphatic heterocycles. The first-order valence-corrected chi connectivity index (χ1v) is 17.5. The average Bonchev–Trinajstić information content (AvgIpc) is 3.54. The third-order valence-corrected chi connectivity index (χ3v) is 12.4. The van der Waals surface area contributed by atoms with Crippen molar-refractivity contribution in [3.8, 4) is 0 Å².